The topological polar surface area (TPSA) is 101 Å². The molecular formula is C17H13ClN2O5S. The highest BCUT2D eigenvalue weighted by molar-refractivity contribution is 7.92. The third-order valence-corrected chi connectivity index (χ3v) is 5.75. The van der Waals surface area contributed by atoms with Gasteiger partial charge < -0.3 is 5.32 Å². The first-order valence-corrected chi connectivity index (χ1v) is 9.47. The molecule has 134 valence electrons. The van der Waals surface area contributed by atoms with Crippen LogP contribution in [-0.2, 0) is 14.6 Å². The summed E-state index contributed by atoms with van der Waals surface area (Å²) >= 11 is 5.72. The van der Waals surface area contributed by atoms with Gasteiger partial charge in [0.2, 0.25) is 5.91 Å². The molecule has 0 spiro atoms. The third-order valence-electron chi connectivity index (χ3n) is 3.87. The van der Waals surface area contributed by atoms with Gasteiger partial charge in [0.25, 0.3) is 11.8 Å². The van der Waals surface area contributed by atoms with Crippen LogP contribution in [0.5, 0.6) is 0 Å². The second-order valence-corrected chi connectivity index (χ2v) is 8.12. The number of nitrogens with zero attached hydrogens (tertiary/aromatic N) is 1. The number of benzene rings is 2. The molecule has 0 radical (unpaired) electrons. The highest BCUT2D eigenvalue weighted by Gasteiger charge is 2.32. The van der Waals surface area contributed by atoms with Gasteiger partial charge in [0.1, 0.15) is 5.75 Å². The van der Waals surface area contributed by atoms with Crippen molar-refractivity contribution >= 4 is 44.8 Å². The number of anilines is 1. The molecule has 2 aromatic rings. The number of halogens is 1. The number of carbonyl (C=O) groups excluding carboxylic acids is 3. The summed E-state index contributed by atoms with van der Waals surface area (Å²) in [7, 11) is -2.47. The molecule has 0 atom stereocenters. The number of amides is 3. The third kappa shape index (κ3) is 3.33. The summed E-state index contributed by atoms with van der Waals surface area (Å²) in [6, 6.07) is 9.70. The van der Waals surface area contributed by atoms with Crippen molar-refractivity contribution in [1.82, 2.24) is 4.90 Å². The van der Waals surface area contributed by atoms with Crippen molar-refractivity contribution in [2.24, 2.45) is 0 Å². The van der Waals surface area contributed by atoms with Crippen LogP contribution in [0.3, 0.4) is 0 Å². The van der Waals surface area contributed by atoms with Crippen LogP contribution in [-0.4, -0.2) is 43.8 Å². The first kappa shape index (κ1) is 18.1. The minimum atomic E-state index is -3.84. The van der Waals surface area contributed by atoms with Crippen molar-refractivity contribution in [3.63, 3.8) is 0 Å². The standard InChI is InChI=1S/C17H13ClN2O5S/c1-20-16(22)13-7-4-11(8-14(13)17(20)23)19-15(21)9-26(24,25)12-5-2-10(18)3-6-12/h2-8H,9H2,1H3,(H,19,21). The van der Waals surface area contributed by atoms with E-state index in [2.05, 4.69) is 5.32 Å². The molecule has 1 aliphatic heterocycles. The zero-order chi connectivity index (χ0) is 19.1. The molecule has 9 heteroatoms. The highest BCUT2D eigenvalue weighted by Crippen LogP contribution is 2.25. The van der Waals surface area contributed by atoms with Crippen LogP contribution < -0.4 is 5.32 Å². The van der Waals surface area contributed by atoms with E-state index in [9.17, 15) is 22.8 Å². The van der Waals surface area contributed by atoms with Gasteiger partial charge >= 0.3 is 0 Å². The SMILES string of the molecule is CN1C(=O)c2ccc(NC(=O)CS(=O)(=O)c3ccc(Cl)cc3)cc2C1=O. The Morgan fingerprint density at radius 3 is 2.31 bits per heavy atom. The summed E-state index contributed by atoms with van der Waals surface area (Å²) < 4.78 is 24.5. The average Bonchev–Trinajstić information content (AvgIpc) is 2.79. The van der Waals surface area contributed by atoms with Crippen LogP contribution in [0.2, 0.25) is 5.02 Å². The van der Waals surface area contributed by atoms with Gasteiger partial charge in [0, 0.05) is 17.8 Å². The quantitative estimate of drug-likeness (QED) is 0.802. The molecular weight excluding hydrogens is 380 g/mol. The Balaban J connectivity index is 1.76. The number of imide groups is 1. The van der Waals surface area contributed by atoms with E-state index in [4.69, 9.17) is 11.6 Å². The second kappa shape index (κ2) is 6.54. The molecule has 0 aromatic heterocycles. The Morgan fingerprint density at radius 2 is 1.65 bits per heavy atom. The first-order valence-electron chi connectivity index (χ1n) is 7.43. The molecule has 0 bridgehead atoms. The number of nitrogens with one attached hydrogen (secondary N) is 1. The van der Waals surface area contributed by atoms with E-state index in [-0.39, 0.29) is 21.7 Å². The van der Waals surface area contributed by atoms with Crippen molar-refractivity contribution in [1.29, 1.82) is 0 Å². The molecule has 0 unspecified atom stereocenters. The van der Waals surface area contributed by atoms with Gasteiger partial charge in [-0.25, -0.2) is 8.42 Å². The fourth-order valence-electron chi connectivity index (χ4n) is 2.53. The number of fused-ring (bicyclic) bond motifs is 1. The van der Waals surface area contributed by atoms with E-state index < -0.39 is 33.3 Å². The molecule has 1 heterocycles. The first-order chi connectivity index (χ1) is 12.2. The van der Waals surface area contributed by atoms with Crippen LogP contribution in [0.15, 0.2) is 47.4 Å². The summed E-state index contributed by atoms with van der Waals surface area (Å²) in [6.07, 6.45) is 0. The molecule has 0 saturated heterocycles. The second-order valence-electron chi connectivity index (χ2n) is 5.69. The molecule has 7 nitrogen and oxygen atoms in total. The zero-order valence-electron chi connectivity index (χ0n) is 13.5. The van der Waals surface area contributed by atoms with Gasteiger partial charge in [-0.05, 0) is 42.5 Å². The number of sulfone groups is 1. The Morgan fingerprint density at radius 1 is 1.04 bits per heavy atom. The zero-order valence-corrected chi connectivity index (χ0v) is 15.1. The summed E-state index contributed by atoms with van der Waals surface area (Å²) in [4.78, 5) is 36.9. The molecule has 1 N–H and O–H groups in total. The van der Waals surface area contributed by atoms with E-state index in [1.165, 1.54) is 49.5 Å². The maximum atomic E-state index is 12.3. The fraction of sp³-hybridized carbons (Fsp3) is 0.118. The molecule has 26 heavy (non-hydrogen) atoms. The molecule has 3 rings (SSSR count). The number of hydrogen-bond acceptors (Lipinski definition) is 5. The van der Waals surface area contributed by atoms with Gasteiger partial charge in [-0.1, -0.05) is 11.6 Å². The maximum absolute atomic E-state index is 12.3. The monoisotopic (exact) mass is 392 g/mol. The smallest absolute Gasteiger partial charge is 0.261 e. The van der Waals surface area contributed by atoms with E-state index in [0.29, 0.717) is 5.02 Å². The van der Waals surface area contributed by atoms with Gasteiger partial charge in [-0.15, -0.1) is 0 Å². The Kier molecular flexibility index (Phi) is 4.55. The summed E-state index contributed by atoms with van der Waals surface area (Å²) in [5, 5.41) is 2.82. The highest BCUT2D eigenvalue weighted by atomic mass is 35.5. The normalized spacial score (nSPS) is 13.7. The van der Waals surface area contributed by atoms with Gasteiger partial charge in [0.15, 0.2) is 9.84 Å². The molecule has 1 aliphatic rings. The van der Waals surface area contributed by atoms with Crippen molar-refractivity contribution in [2.45, 2.75) is 4.90 Å². The van der Waals surface area contributed by atoms with Gasteiger partial charge in [-0.2, -0.15) is 0 Å². The van der Waals surface area contributed by atoms with E-state index in [1.807, 2.05) is 0 Å². The molecule has 0 saturated carbocycles. The molecule has 0 fully saturated rings. The number of hydrogen-bond donors (Lipinski definition) is 1. The molecule has 0 aliphatic carbocycles. The lowest BCUT2D eigenvalue weighted by Gasteiger charge is -2.07. The van der Waals surface area contributed by atoms with Crippen molar-refractivity contribution in [2.75, 3.05) is 18.1 Å². The van der Waals surface area contributed by atoms with E-state index in [1.54, 1.807) is 0 Å². The van der Waals surface area contributed by atoms with Crippen LogP contribution in [0, 0.1) is 0 Å². The van der Waals surface area contributed by atoms with Gasteiger partial charge in [-0.3, -0.25) is 19.3 Å². The van der Waals surface area contributed by atoms with Crippen LogP contribution in [0.4, 0.5) is 5.69 Å². The number of carbonyl (C=O) groups is 3. The van der Waals surface area contributed by atoms with Crippen molar-refractivity contribution in [3.05, 3.63) is 58.6 Å². The van der Waals surface area contributed by atoms with E-state index >= 15 is 0 Å². The largest absolute Gasteiger partial charge is 0.325 e. The predicted molar refractivity (Wildman–Crippen MR) is 95.0 cm³/mol. The minimum absolute atomic E-state index is 0.0200. The minimum Gasteiger partial charge on any atom is -0.325 e. The summed E-state index contributed by atoms with van der Waals surface area (Å²) in [5.74, 6) is -2.42. The van der Waals surface area contributed by atoms with Crippen LogP contribution in [0.1, 0.15) is 20.7 Å². The van der Waals surface area contributed by atoms with Gasteiger partial charge in [0.05, 0.1) is 16.0 Å². The molecule has 3 amide bonds. The lowest BCUT2D eigenvalue weighted by Crippen LogP contribution is -2.24. The summed E-state index contributed by atoms with van der Waals surface area (Å²) in [6.45, 7) is 0. The van der Waals surface area contributed by atoms with E-state index in [0.717, 1.165) is 4.90 Å². The Labute approximate surface area is 154 Å². The van der Waals surface area contributed by atoms with Crippen molar-refractivity contribution < 1.29 is 22.8 Å². The lowest BCUT2D eigenvalue weighted by atomic mass is 10.1. The van der Waals surface area contributed by atoms with Crippen LogP contribution in [0.25, 0.3) is 0 Å². The predicted octanol–water partition coefficient (Wildman–Crippen LogP) is 1.98. The number of rotatable bonds is 4. The Hall–Kier alpha value is -2.71. The lowest BCUT2D eigenvalue weighted by molar-refractivity contribution is -0.113. The summed E-state index contributed by atoms with van der Waals surface area (Å²) in [5.41, 5.74) is 0.636. The average molecular weight is 393 g/mol. The van der Waals surface area contributed by atoms with Crippen molar-refractivity contribution in [3.8, 4) is 0 Å². The molecule has 2 aromatic carbocycles. The maximum Gasteiger partial charge on any atom is 0.261 e. The van der Waals surface area contributed by atoms with Crippen LogP contribution >= 0.6 is 11.6 Å². The Bertz CT molecular complexity index is 1030. The fourth-order valence-corrected chi connectivity index (χ4v) is 3.79.